The number of para-hydroxylation sites is 1. The molecule has 2 heterocycles. The number of rotatable bonds is 6. The molecular weight excluding hydrogens is 362 g/mol. The van der Waals surface area contributed by atoms with Gasteiger partial charge >= 0.3 is 0 Å². The second kappa shape index (κ2) is 8.19. The molecule has 29 heavy (non-hydrogen) atoms. The molecule has 0 radical (unpaired) electrons. The molecular formula is C24H25N3O2. The van der Waals surface area contributed by atoms with E-state index in [1.807, 2.05) is 55.7 Å². The zero-order valence-corrected chi connectivity index (χ0v) is 17.0. The number of ether oxygens (including phenoxy) is 1. The first kappa shape index (κ1) is 20.1. The predicted molar refractivity (Wildman–Crippen MR) is 120 cm³/mol. The summed E-state index contributed by atoms with van der Waals surface area (Å²) in [5.74, 6) is 1.06. The molecule has 0 fully saturated rings. The molecule has 1 N–H and O–H groups in total. The van der Waals surface area contributed by atoms with Gasteiger partial charge in [-0.05, 0) is 45.1 Å². The number of allylic oxidation sites excluding steroid dienone is 3. The quantitative estimate of drug-likeness (QED) is 0.588. The summed E-state index contributed by atoms with van der Waals surface area (Å²) in [5.41, 5.74) is 1.78. The van der Waals surface area contributed by atoms with E-state index in [0.717, 1.165) is 11.4 Å². The highest BCUT2D eigenvalue weighted by Crippen LogP contribution is 2.26. The van der Waals surface area contributed by atoms with Gasteiger partial charge in [-0.2, -0.15) is 0 Å². The van der Waals surface area contributed by atoms with Crippen LogP contribution in [0.15, 0.2) is 90.5 Å². The maximum absolute atomic E-state index is 12.8. The molecule has 0 aliphatic carbocycles. The van der Waals surface area contributed by atoms with Crippen molar-refractivity contribution in [3.8, 4) is 11.6 Å². The molecule has 0 atom stereocenters. The van der Waals surface area contributed by atoms with Crippen molar-refractivity contribution < 1.29 is 4.74 Å². The topological polar surface area (TPSA) is 56.1 Å². The van der Waals surface area contributed by atoms with Crippen LogP contribution in [0.1, 0.15) is 20.8 Å². The summed E-state index contributed by atoms with van der Waals surface area (Å²) in [5, 5.41) is 3.78. The molecule has 0 saturated heterocycles. The van der Waals surface area contributed by atoms with Crippen LogP contribution in [0.2, 0.25) is 0 Å². The van der Waals surface area contributed by atoms with E-state index in [2.05, 4.69) is 23.5 Å². The Bertz CT molecular complexity index is 1140. The normalized spacial score (nSPS) is 11.9. The summed E-state index contributed by atoms with van der Waals surface area (Å²) in [6.45, 7) is 13.4. The van der Waals surface area contributed by atoms with E-state index < -0.39 is 5.60 Å². The molecule has 3 aromatic rings. The standard InChI is InChI=1S/C24H25N3O2/c1-6-11-17(7-2)26-22-15-21(28)19-16-25-23(29-24(3,4)5)14-20(19)27(22)18-12-9-8-10-13-18/h6-16,26H,1-2H2,3-5H3/b17-11+. The number of hydrogen-bond acceptors (Lipinski definition) is 4. The van der Waals surface area contributed by atoms with Gasteiger partial charge in [-0.3, -0.25) is 9.36 Å². The molecule has 3 rings (SSSR count). The summed E-state index contributed by atoms with van der Waals surface area (Å²) in [6.07, 6.45) is 6.69. The number of nitrogens with one attached hydrogen (secondary N) is 1. The van der Waals surface area contributed by atoms with Crippen LogP contribution in [0.3, 0.4) is 0 Å². The first-order valence-electron chi connectivity index (χ1n) is 9.35. The number of aromatic nitrogens is 2. The summed E-state index contributed by atoms with van der Waals surface area (Å²) in [6, 6.07) is 13.2. The van der Waals surface area contributed by atoms with Crippen molar-refractivity contribution in [3.05, 3.63) is 96.0 Å². The van der Waals surface area contributed by atoms with Crippen molar-refractivity contribution in [2.75, 3.05) is 5.32 Å². The number of nitrogens with zero attached hydrogens (tertiary/aromatic N) is 2. The lowest BCUT2D eigenvalue weighted by molar-refractivity contribution is 0.124. The van der Waals surface area contributed by atoms with Crippen LogP contribution < -0.4 is 15.5 Å². The molecule has 2 aromatic heterocycles. The van der Waals surface area contributed by atoms with E-state index in [1.165, 1.54) is 0 Å². The van der Waals surface area contributed by atoms with E-state index in [0.29, 0.717) is 22.6 Å². The Morgan fingerprint density at radius 3 is 2.52 bits per heavy atom. The molecule has 0 spiro atoms. The SMILES string of the molecule is C=C/C=C(\C=C)Nc1cc(=O)c2cnc(OC(C)(C)C)cc2n1-c1ccccc1. The fraction of sp³-hybridized carbons (Fsp3) is 0.167. The minimum Gasteiger partial charge on any atom is -0.472 e. The molecule has 5 nitrogen and oxygen atoms in total. The lowest BCUT2D eigenvalue weighted by Gasteiger charge is -2.22. The monoisotopic (exact) mass is 387 g/mol. The van der Waals surface area contributed by atoms with E-state index >= 15 is 0 Å². The Labute approximate surface area is 170 Å². The van der Waals surface area contributed by atoms with Crippen molar-refractivity contribution in [3.63, 3.8) is 0 Å². The van der Waals surface area contributed by atoms with Crippen molar-refractivity contribution in [2.45, 2.75) is 26.4 Å². The predicted octanol–water partition coefficient (Wildman–Crippen LogP) is 5.23. The second-order valence-corrected chi connectivity index (χ2v) is 7.51. The first-order valence-corrected chi connectivity index (χ1v) is 9.35. The highest BCUT2D eigenvalue weighted by Gasteiger charge is 2.16. The van der Waals surface area contributed by atoms with Crippen LogP contribution in [0.25, 0.3) is 16.6 Å². The molecule has 148 valence electrons. The van der Waals surface area contributed by atoms with Gasteiger partial charge in [0.05, 0.1) is 10.9 Å². The summed E-state index contributed by atoms with van der Waals surface area (Å²) < 4.78 is 7.90. The van der Waals surface area contributed by atoms with Crippen LogP contribution in [-0.4, -0.2) is 15.2 Å². The summed E-state index contributed by atoms with van der Waals surface area (Å²) in [7, 11) is 0. The molecule has 0 aliphatic heterocycles. The van der Waals surface area contributed by atoms with Gasteiger partial charge < -0.3 is 10.1 Å². The molecule has 1 aromatic carbocycles. The van der Waals surface area contributed by atoms with Gasteiger partial charge in [0.2, 0.25) is 5.88 Å². The minimum absolute atomic E-state index is 0.133. The third-order valence-electron chi connectivity index (χ3n) is 4.09. The van der Waals surface area contributed by atoms with Crippen LogP contribution >= 0.6 is 0 Å². The highest BCUT2D eigenvalue weighted by atomic mass is 16.5. The fourth-order valence-corrected chi connectivity index (χ4v) is 2.95. The molecule has 5 heteroatoms. The maximum atomic E-state index is 12.8. The molecule has 0 aliphatic rings. The zero-order chi connectivity index (χ0) is 21.0. The number of fused-ring (bicyclic) bond motifs is 1. The largest absolute Gasteiger partial charge is 0.472 e. The molecule has 0 amide bonds. The number of hydrogen-bond donors (Lipinski definition) is 1. The lowest BCUT2D eigenvalue weighted by Crippen LogP contribution is -2.23. The Morgan fingerprint density at radius 1 is 1.17 bits per heavy atom. The molecule has 0 saturated carbocycles. The van der Waals surface area contributed by atoms with Gasteiger partial charge in [-0.25, -0.2) is 4.98 Å². The first-order chi connectivity index (χ1) is 13.8. The molecule has 0 bridgehead atoms. The third-order valence-corrected chi connectivity index (χ3v) is 4.09. The number of anilines is 1. The van der Waals surface area contributed by atoms with Gasteiger partial charge in [0.15, 0.2) is 5.43 Å². The van der Waals surface area contributed by atoms with E-state index in [-0.39, 0.29) is 5.43 Å². The Morgan fingerprint density at radius 2 is 1.90 bits per heavy atom. The van der Waals surface area contributed by atoms with Crippen molar-refractivity contribution in [2.24, 2.45) is 0 Å². The second-order valence-electron chi connectivity index (χ2n) is 7.51. The van der Waals surface area contributed by atoms with Gasteiger partial charge in [-0.15, -0.1) is 0 Å². The smallest absolute Gasteiger partial charge is 0.215 e. The average molecular weight is 387 g/mol. The summed E-state index contributed by atoms with van der Waals surface area (Å²) in [4.78, 5) is 17.1. The summed E-state index contributed by atoms with van der Waals surface area (Å²) >= 11 is 0. The van der Waals surface area contributed by atoms with Crippen LogP contribution in [-0.2, 0) is 0 Å². The van der Waals surface area contributed by atoms with Gasteiger partial charge in [0.25, 0.3) is 0 Å². The van der Waals surface area contributed by atoms with Crippen molar-refractivity contribution >= 4 is 16.7 Å². The maximum Gasteiger partial charge on any atom is 0.215 e. The minimum atomic E-state index is -0.406. The van der Waals surface area contributed by atoms with Crippen LogP contribution in [0.4, 0.5) is 5.82 Å². The van der Waals surface area contributed by atoms with Crippen LogP contribution in [0.5, 0.6) is 5.88 Å². The van der Waals surface area contributed by atoms with Gasteiger partial charge in [-0.1, -0.05) is 37.4 Å². The molecule has 0 unspecified atom stereocenters. The van der Waals surface area contributed by atoms with E-state index in [9.17, 15) is 4.79 Å². The van der Waals surface area contributed by atoms with Gasteiger partial charge in [0, 0.05) is 29.7 Å². The fourth-order valence-electron chi connectivity index (χ4n) is 2.95. The average Bonchev–Trinajstić information content (AvgIpc) is 2.67. The highest BCUT2D eigenvalue weighted by molar-refractivity contribution is 5.83. The van der Waals surface area contributed by atoms with Crippen molar-refractivity contribution in [1.82, 2.24) is 9.55 Å². The Kier molecular flexibility index (Phi) is 5.69. The van der Waals surface area contributed by atoms with E-state index in [4.69, 9.17) is 4.74 Å². The van der Waals surface area contributed by atoms with E-state index in [1.54, 1.807) is 36.6 Å². The number of pyridine rings is 2. The Balaban J connectivity index is 2.32. The Hall–Kier alpha value is -3.60. The number of benzene rings is 1. The van der Waals surface area contributed by atoms with Gasteiger partial charge in [0.1, 0.15) is 11.4 Å². The van der Waals surface area contributed by atoms with Crippen LogP contribution in [0, 0.1) is 0 Å². The lowest BCUT2D eigenvalue weighted by atomic mass is 10.2. The van der Waals surface area contributed by atoms with Crippen molar-refractivity contribution in [1.29, 1.82) is 0 Å². The zero-order valence-electron chi connectivity index (χ0n) is 17.0. The third kappa shape index (κ3) is 4.63.